The molecular formula is C18H23N3. The fourth-order valence-corrected chi connectivity index (χ4v) is 2.89. The molecule has 21 heavy (non-hydrogen) atoms. The van der Waals surface area contributed by atoms with Gasteiger partial charge in [-0.2, -0.15) is 0 Å². The predicted octanol–water partition coefficient (Wildman–Crippen LogP) is 3.18. The van der Waals surface area contributed by atoms with Crippen LogP contribution in [0.5, 0.6) is 0 Å². The van der Waals surface area contributed by atoms with Crippen molar-refractivity contribution in [2.45, 2.75) is 19.4 Å². The number of pyridine rings is 1. The van der Waals surface area contributed by atoms with Gasteiger partial charge in [0.2, 0.25) is 0 Å². The molecule has 1 saturated heterocycles. The van der Waals surface area contributed by atoms with Crippen LogP contribution in [0, 0.1) is 0 Å². The maximum Gasteiger partial charge on any atom is 0.0602 e. The summed E-state index contributed by atoms with van der Waals surface area (Å²) in [6.45, 7) is 5.58. The third-order valence-corrected chi connectivity index (χ3v) is 4.09. The Hall–Kier alpha value is -1.87. The molecule has 1 aliphatic heterocycles. The summed E-state index contributed by atoms with van der Waals surface area (Å²) < 4.78 is 0. The van der Waals surface area contributed by atoms with Gasteiger partial charge in [-0.25, -0.2) is 0 Å². The van der Waals surface area contributed by atoms with Gasteiger partial charge in [-0.1, -0.05) is 24.3 Å². The molecule has 1 fully saturated rings. The lowest BCUT2D eigenvalue weighted by molar-refractivity contribution is 0.344. The Labute approximate surface area is 127 Å². The molecule has 0 atom stereocenters. The van der Waals surface area contributed by atoms with Crippen LogP contribution in [0.4, 0.5) is 5.69 Å². The second-order valence-corrected chi connectivity index (χ2v) is 5.63. The standard InChI is InChI=1S/C18H23N3/c1-2-9-18(10-3-1)21(15-14-20-12-6-7-13-20)16-17-8-4-5-11-19-17/h1-5,8-11H,6-7,12-16H2. The third kappa shape index (κ3) is 4.05. The van der Waals surface area contributed by atoms with Gasteiger partial charge in [0.15, 0.2) is 0 Å². The van der Waals surface area contributed by atoms with E-state index in [2.05, 4.69) is 57.2 Å². The van der Waals surface area contributed by atoms with E-state index in [4.69, 9.17) is 0 Å². The van der Waals surface area contributed by atoms with Crippen molar-refractivity contribution in [2.75, 3.05) is 31.1 Å². The summed E-state index contributed by atoms with van der Waals surface area (Å²) in [4.78, 5) is 9.46. The molecule has 3 nitrogen and oxygen atoms in total. The lowest BCUT2D eigenvalue weighted by atomic mass is 10.2. The van der Waals surface area contributed by atoms with Crippen molar-refractivity contribution in [3.8, 4) is 0 Å². The Morgan fingerprint density at radius 3 is 2.43 bits per heavy atom. The number of nitrogens with zero attached hydrogens (tertiary/aromatic N) is 3. The van der Waals surface area contributed by atoms with Gasteiger partial charge < -0.3 is 9.80 Å². The normalized spacial score (nSPS) is 15.2. The third-order valence-electron chi connectivity index (χ3n) is 4.09. The molecule has 3 rings (SSSR count). The smallest absolute Gasteiger partial charge is 0.0602 e. The van der Waals surface area contributed by atoms with E-state index in [1.54, 1.807) is 0 Å². The lowest BCUT2D eigenvalue weighted by Crippen LogP contribution is -2.33. The highest BCUT2D eigenvalue weighted by molar-refractivity contribution is 5.46. The monoisotopic (exact) mass is 281 g/mol. The van der Waals surface area contributed by atoms with E-state index in [9.17, 15) is 0 Å². The lowest BCUT2D eigenvalue weighted by Gasteiger charge is -2.27. The van der Waals surface area contributed by atoms with E-state index < -0.39 is 0 Å². The molecule has 110 valence electrons. The van der Waals surface area contributed by atoms with Crippen molar-refractivity contribution < 1.29 is 0 Å². The highest BCUT2D eigenvalue weighted by atomic mass is 15.2. The Kier molecular flexibility index (Phi) is 4.85. The van der Waals surface area contributed by atoms with Gasteiger partial charge in [0, 0.05) is 25.0 Å². The molecule has 2 aromatic rings. The summed E-state index contributed by atoms with van der Waals surface area (Å²) in [6, 6.07) is 16.8. The second-order valence-electron chi connectivity index (χ2n) is 5.63. The number of likely N-dealkylation sites (tertiary alicyclic amines) is 1. The fraction of sp³-hybridized carbons (Fsp3) is 0.389. The number of hydrogen-bond donors (Lipinski definition) is 0. The molecule has 0 unspecified atom stereocenters. The van der Waals surface area contributed by atoms with Crippen LogP contribution >= 0.6 is 0 Å². The van der Waals surface area contributed by atoms with E-state index in [1.807, 2.05) is 12.3 Å². The van der Waals surface area contributed by atoms with E-state index >= 15 is 0 Å². The second kappa shape index (κ2) is 7.23. The zero-order chi connectivity index (χ0) is 14.3. The molecule has 2 heterocycles. The molecule has 0 amide bonds. The first-order valence-corrected chi connectivity index (χ1v) is 7.84. The van der Waals surface area contributed by atoms with Crippen molar-refractivity contribution in [1.29, 1.82) is 0 Å². The number of hydrogen-bond acceptors (Lipinski definition) is 3. The SMILES string of the molecule is c1ccc(N(CCN2CCCC2)Cc2ccccn2)cc1. The molecular weight excluding hydrogens is 258 g/mol. The zero-order valence-electron chi connectivity index (χ0n) is 12.5. The van der Waals surface area contributed by atoms with Crippen LogP contribution < -0.4 is 4.90 Å². The molecule has 0 aliphatic carbocycles. The Balaban J connectivity index is 1.68. The molecule has 0 radical (unpaired) electrons. The molecule has 0 saturated carbocycles. The van der Waals surface area contributed by atoms with Crippen LogP contribution in [-0.4, -0.2) is 36.1 Å². The van der Waals surface area contributed by atoms with Gasteiger partial charge in [-0.05, 0) is 50.2 Å². The minimum Gasteiger partial charge on any atom is -0.364 e. The quantitative estimate of drug-likeness (QED) is 0.810. The summed E-state index contributed by atoms with van der Waals surface area (Å²) in [7, 11) is 0. The Morgan fingerprint density at radius 2 is 1.71 bits per heavy atom. The van der Waals surface area contributed by atoms with Gasteiger partial charge in [-0.3, -0.25) is 4.98 Å². The van der Waals surface area contributed by atoms with Gasteiger partial charge in [0.05, 0.1) is 12.2 Å². The van der Waals surface area contributed by atoms with E-state index in [0.717, 1.165) is 25.3 Å². The van der Waals surface area contributed by atoms with Crippen LogP contribution in [0.3, 0.4) is 0 Å². The topological polar surface area (TPSA) is 19.4 Å². The molecule has 1 aromatic carbocycles. The zero-order valence-corrected chi connectivity index (χ0v) is 12.5. The highest BCUT2D eigenvalue weighted by Gasteiger charge is 2.14. The number of para-hydroxylation sites is 1. The molecule has 0 bridgehead atoms. The highest BCUT2D eigenvalue weighted by Crippen LogP contribution is 2.16. The van der Waals surface area contributed by atoms with Crippen molar-refractivity contribution in [2.24, 2.45) is 0 Å². The first-order valence-electron chi connectivity index (χ1n) is 7.84. The van der Waals surface area contributed by atoms with E-state index in [1.165, 1.54) is 31.6 Å². The predicted molar refractivity (Wildman–Crippen MR) is 87.4 cm³/mol. The van der Waals surface area contributed by atoms with Crippen LogP contribution in [0.25, 0.3) is 0 Å². The number of anilines is 1. The largest absolute Gasteiger partial charge is 0.364 e. The van der Waals surface area contributed by atoms with E-state index in [-0.39, 0.29) is 0 Å². The Morgan fingerprint density at radius 1 is 0.952 bits per heavy atom. The van der Waals surface area contributed by atoms with Crippen molar-refractivity contribution >= 4 is 5.69 Å². The van der Waals surface area contributed by atoms with Crippen molar-refractivity contribution in [1.82, 2.24) is 9.88 Å². The minimum atomic E-state index is 0.874. The van der Waals surface area contributed by atoms with Crippen molar-refractivity contribution in [3.63, 3.8) is 0 Å². The fourth-order valence-electron chi connectivity index (χ4n) is 2.89. The summed E-state index contributed by atoms with van der Waals surface area (Å²) >= 11 is 0. The first kappa shape index (κ1) is 14.1. The first-order chi connectivity index (χ1) is 10.4. The molecule has 3 heteroatoms. The average molecular weight is 281 g/mol. The molecule has 1 aliphatic rings. The average Bonchev–Trinajstić information content (AvgIpc) is 3.07. The minimum absolute atomic E-state index is 0.874. The maximum absolute atomic E-state index is 4.47. The molecule has 0 spiro atoms. The van der Waals surface area contributed by atoms with Crippen molar-refractivity contribution in [3.05, 3.63) is 60.4 Å². The van der Waals surface area contributed by atoms with Gasteiger partial charge in [0.1, 0.15) is 0 Å². The number of benzene rings is 1. The molecule has 0 N–H and O–H groups in total. The Bertz CT molecular complexity index is 521. The van der Waals surface area contributed by atoms with Gasteiger partial charge in [0.25, 0.3) is 0 Å². The molecule has 1 aromatic heterocycles. The van der Waals surface area contributed by atoms with Crippen LogP contribution in [-0.2, 0) is 6.54 Å². The summed E-state index contributed by atoms with van der Waals surface area (Å²) in [5.74, 6) is 0. The van der Waals surface area contributed by atoms with Crippen LogP contribution in [0.2, 0.25) is 0 Å². The van der Waals surface area contributed by atoms with Crippen LogP contribution in [0.15, 0.2) is 54.7 Å². The maximum atomic E-state index is 4.47. The van der Waals surface area contributed by atoms with Gasteiger partial charge >= 0.3 is 0 Å². The summed E-state index contributed by atoms with van der Waals surface area (Å²) in [6.07, 6.45) is 4.58. The number of aromatic nitrogens is 1. The van der Waals surface area contributed by atoms with E-state index in [0.29, 0.717) is 0 Å². The summed E-state index contributed by atoms with van der Waals surface area (Å²) in [5, 5.41) is 0. The van der Waals surface area contributed by atoms with Crippen LogP contribution in [0.1, 0.15) is 18.5 Å². The number of rotatable bonds is 6. The summed E-state index contributed by atoms with van der Waals surface area (Å²) in [5.41, 5.74) is 2.41. The van der Waals surface area contributed by atoms with Gasteiger partial charge in [-0.15, -0.1) is 0 Å².